The summed E-state index contributed by atoms with van der Waals surface area (Å²) in [4.78, 5) is 12.0. The highest BCUT2D eigenvalue weighted by atomic mass is 16.5. The van der Waals surface area contributed by atoms with Crippen LogP contribution in [0.1, 0.15) is 47.0 Å². The summed E-state index contributed by atoms with van der Waals surface area (Å²) in [6, 6.07) is -0.0724. The van der Waals surface area contributed by atoms with Crippen molar-refractivity contribution in [2.24, 2.45) is 0 Å². The Labute approximate surface area is 127 Å². The number of nitrogens with one attached hydrogen (secondary N) is 2. The summed E-state index contributed by atoms with van der Waals surface area (Å²) in [5.74, 6) is 0. The third-order valence-electron chi connectivity index (χ3n) is 4.17. The zero-order valence-electron chi connectivity index (χ0n) is 13.6. The zero-order chi connectivity index (χ0) is 15.5. The number of urea groups is 1. The molecule has 120 valence electrons. The normalized spacial score (nSPS) is 27.0. The summed E-state index contributed by atoms with van der Waals surface area (Å²) < 4.78 is 11.3. The average Bonchev–Trinajstić information content (AvgIpc) is 2.58. The smallest absolute Gasteiger partial charge is 0.315 e. The lowest BCUT2D eigenvalue weighted by molar-refractivity contribution is -0.0690. The molecule has 0 aromatic heterocycles. The molecule has 0 aliphatic carbocycles. The highest BCUT2D eigenvalue weighted by molar-refractivity contribution is 5.74. The first kappa shape index (κ1) is 16.3. The molecule has 1 saturated heterocycles. The molecule has 5 nitrogen and oxygen atoms in total. The van der Waals surface area contributed by atoms with Gasteiger partial charge in [-0.2, -0.15) is 0 Å². The van der Waals surface area contributed by atoms with E-state index in [4.69, 9.17) is 9.47 Å². The van der Waals surface area contributed by atoms with E-state index in [9.17, 15) is 4.79 Å². The van der Waals surface area contributed by atoms with Crippen LogP contribution in [-0.2, 0) is 9.47 Å². The van der Waals surface area contributed by atoms with Crippen molar-refractivity contribution in [2.45, 2.75) is 64.2 Å². The van der Waals surface area contributed by atoms with Crippen molar-refractivity contribution in [1.82, 2.24) is 10.6 Å². The van der Waals surface area contributed by atoms with Crippen molar-refractivity contribution < 1.29 is 14.3 Å². The van der Waals surface area contributed by atoms with Crippen LogP contribution >= 0.6 is 0 Å². The van der Waals surface area contributed by atoms with E-state index in [-0.39, 0.29) is 23.3 Å². The average molecular weight is 296 g/mol. The van der Waals surface area contributed by atoms with Gasteiger partial charge in [0, 0.05) is 6.54 Å². The molecule has 0 aromatic carbocycles. The fraction of sp³-hybridized carbons (Fsp3) is 0.812. The molecule has 1 atom stereocenters. The molecule has 0 bridgehead atoms. The number of carbonyl (C=O) groups excluding carboxylic acids is 1. The molecule has 0 spiro atoms. The van der Waals surface area contributed by atoms with Crippen LogP contribution in [0.5, 0.6) is 0 Å². The lowest BCUT2D eigenvalue weighted by Crippen LogP contribution is -2.49. The minimum Gasteiger partial charge on any atom is -0.377 e. The van der Waals surface area contributed by atoms with Gasteiger partial charge in [0.15, 0.2) is 0 Å². The third kappa shape index (κ3) is 4.71. The van der Waals surface area contributed by atoms with Crippen LogP contribution in [0.2, 0.25) is 0 Å². The van der Waals surface area contributed by atoms with Crippen molar-refractivity contribution in [3.63, 3.8) is 0 Å². The van der Waals surface area contributed by atoms with E-state index in [0.717, 1.165) is 25.9 Å². The maximum atomic E-state index is 12.0. The second kappa shape index (κ2) is 6.36. The van der Waals surface area contributed by atoms with E-state index >= 15 is 0 Å². The SMILES string of the molecule is CC1(C)C[C@@H](NC(=O)NCCC2=CCOCC2)C(C)(C)O1. The fourth-order valence-corrected chi connectivity index (χ4v) is 3.13. The van der Waals surface area contributed by atoms with Crippen LogP contribution in [0.25, 0.3) is 0 Å². The van der Waals surface area contributed by atoms with Gasteiger partial charge >= 0.3 is 6.03 Å². The second-order valence-corrected chi connectivity index (χ2v) is 7.06. The summed E-state index contributed by atoms with van der Waals surface area (Å²) in [5, 5.41) is 5.98. The molecular formula is C16H28N2O3. The molecule has 0 unspecified atom stereocenters. The van der Waals surface area contributed by atoms with Crippen molar-refractivity contribution in [2.75, 3.05) is 19.8 Å². The van der Waals surface area contributed by atoms with Crippen LogP contribution < -0.4 is 10.6 Å². The molecule has 5 heteroatoms. The van der Waals surface area contributed by atoms with Crippen molar-refractivity contribution in [1.29, 1.82) is 0 Å². The fourth-order valence-electron chi connectivity index (χ4n) is 3.13. The van der Waals surface area contributed by atoms with Gasteiger partial charge in [0.25, 0.3) is 0 Å². The summed E-state index contributed by atoms with van der Waals surface area (Å²) >= 11 is 0. The first-order valence-corrected chi connectivity index (χ1v) is 7.79. The van der Waals surface area contributed by atoms with Crippen LogP contribution in [0, 0.1) is 0 Å². The van der Waals surface area contributed by atoms with Gasteiger partial charge in [-0.3, -0.25) is 0 Å². The Morgan fingerprint density at radius 1 is 1.38 bits per heavy atom. The van der Waals surface area contributed by atoms with Gasteiger partial charge in [-0.05, 0) is 47.0 Å². The lowest BCUT2D eigenvalue weighted by Gasteiger charge is -2.27. The first-order valence-electron chi connectivity index (χ1n) is 7.79. The Morgan fingerprint density at radius 2 is 2.14 bits per heavy atom. The molecular weight excluding hydrogens is 268 g/mol. The molecule has 21 heavy (non-hydrogen) atoms. The lowest BCUT2D eigenvalue weighted by atomic mass is 9.95. The number of ether oxygens (including phenoxy) is 2. The Morgan fingerprint density at radius 3 is 2.71 bits per heavy atom. The quantitative estimate of drug-likeness (QED) is 0.783. The topological polar surface area (TPSA) is 59.6 Å². The van der Waals surface area contributed by atoms with Gasteiger partial charge in [-0.15, -0.1) is 0 Å². The van der Waals surface area contributed by atoms with Crippen molar-refractivity contribution in [3.8, 4) is 0 Å². The molecule has 2 aliphatic rings. The van der Waals surface area contributed by atoms with Gasteiger partial charge in [0.2, 0.25) is 0 Å². The Hall–Kier alpha value is -1.07. The van der Waals surface area contributed by atoms with Crippen LogP contribution in [-0.4, -0.2) is 43.0 Å². The van der Waals surface area contributed by atoms with Gasteiger partial charge in [0.1, 0.15) is 0 Å². The number of rotatable bonds is 4. The highest BCUT2D eigenvalue weighted by Crippen LogP contribution is 2.37. The molecule has 2 aliphatic heterocycles. The first-order chi connectivity index (χ1) is 9.78. The molecule has 0 saturated carbocycles. The van der Waals surface area contributed by atoms with E-state index in [1.807, 2.05) is 13.8 Å². The van der Waals surface area contributed by atoms with E-state index in [0.29, 0.717) is 13.2 Å². The van der Waals surface area contributed by atoms with Crippen LogP contribution in [0.3, 0.4) is 0 Å². The predicted octanol–water partition coefficient (Wildman–Crippen LogP) is 2.37. The van der Waals surface area contributed by atoms with E-state index in [1.165, 1.54) is 5.57 Å². The van der Waals surface area contributed by atoms with E-state index in [2.05, 4.69) is 30.6 Å². The third-order valence-corrected chi connectivity index (χ3v) is 4.17. The molecule has 2 amide bonds. The van der Waals surface area contributed by atoms with Gasteiger partial charge in [-0.1, -0.05) is 11.6 Å². The van der Waals surface area contributed by atoms with Gasteiger partial charge < -0.3 is 20.1 Å². The minimum absolute atomic E-state index is 0.0368. The van der Waals surface area contributed by atoms with Crippen molar-refractivity contribution in [3.05, 3.63) is 11.6 Å². The van der Waals surface area contributed by atoms with Gasteiger partial charge in [0.05, 0.1) is 30.5 Å². The highest BCUT2D eigenvalue weighted by Gasteiger charge is 2.46. The largest absolute Gasteiger partial charge is 0.377 e. The Bertz CT molecular complexity index is 416. The summed E-state index contributed by atoms with van der Waals surface area (Å²) in [7, 11) is 0. The number of amides is 2. The van der Waals surface area contributed by atoms with Gasteiger partial charge in [-0.25, -0.2) is 4.79 Å². The Kier molecular flexibility index (Phi) is 4.94. The zero-order valence-corrected chi connectivity index (χ0v) is 13.6. The maximum absolute atomic E-state index is 12.0. The summed E-state index contributed by atoms with van der Waals surface area (Å²) in [6.07, 6.45) is 4.81. The maximum Gasteiger partial charge on any atom is 0.315 e. The van der Waals surface area contributed by atoms with Crippen LogP contribution in [0.15, 0.2) is 11.6 Å². The number of hydrogen-bond donors (Lipinski definition) is 2. The monoisotopic (exact) mass is 296 g/mol. The molecule has 2 rings (SSSR count). The molecule has 2 heterocycles. The molecule has 0 radical (unpaired) electrons. The van der Waals surface area contributed by atoms with E-state index < -0.39 is 0 Å². The van der Waals surface area contributed by atoms with Crippen molar-refractivity contribution >= 4 is 6.03 Å². The molecule has 0 aromatic rings. The Balaban J connectivity index is 1.73. The number of carbonyl (C=O) groups is 1. The second-order valence-electron chi connectivity index (χ2n) is 7.06. The summed E-state index contributed by atoms with van der Waals surface area (Å²) in [5.41, 5.74) is 0.852. The minimum atomic E-state index is -0.329. The standard InChI is InChI=1S/C16H28N2O3/c1-15(2)11-13(16(3,4)21-15)18-14(19)17-8-5-12-6-9-20-10-7-12/h6,13H,5,7-11H2,1-4H3,(H2,17,18,19)/t13-/m1/s1. The summed E-state index contributed by atoms with van der Waals surface area (Å²) in [6.45, 7) is 10.3. The molecule has 1 fully saturated rings. The van der Waals surface area contributed by atoms with Crippen LogP contribution in [0.4, 0.5) is 4.79 Å². The molecule has 2 N–H and O–H groups in total. The number of hydrogen-bond acceptors (Lipinski definition) is 3. The van der Waals surface area contributed by atoms with E-state index in [1.54, 1.807) is 0 Å². The predicted molar refractivity (Wildman–Crippen MR) is 82.3 cm³/mol.